The maximum atomic E-state index is 2.29. The topological polar surface area (TPSA) is 0 Å². The lowest BCUT2D eigenvalue weighted by atomic mass is 10.1. The summed E-state index contributed by atoms with van der Waals surface area (Å²) in [6.45, 7) is 2.29. The van der Waals surface area contributed by atoms with Gasteiger partial charge in [0.05, 0.1) is 0 Å². The van der Waals surface area contributed by atoms with E-state index in [2.05, 4.69) is 6.92 Å². The molecule has 0 saturated heterocycles. The highest BCUT2D eigenvalue weighted by atomic mass is 29.5. The molecule has 0 amide bonds. The Labute approximate surface area is 85.6 Å². The lowest BCUT2D eigenvalue weighted by molar-refractivity contribution is 0.601. The van der Waals surface area contributed by atoms with Gasteiger partial charge in [0.1, 0.15) is 0 Å². The summed E-state index contributed by atoms with van der Waals surface area (Å²) in [6, 6.07) is 1.69. The van der Waals surface area contributed by atoms with E-state index in [1.807, 2.05) is 0 Å². The molecule has 0 radical (unpaired) electrons. The summed E-state index contributed by atoms with van der Waals surface area (Å²) < 4.78 is 0. The zero-order chi connectivity index (χ0) is 9.23. The fourth-order valence-corrected chi connectivity index (χ4v) is 5.06. The lowest BCUT2D eigenvalue weighted by Gasteiger charge is -2.02. The first-order valence-corrected chi connectivity index (χ1v) is 15.8. The second-order valence-electron chi connectivity index (χ2n) is 4.30. The number of hydrogen-bond donors (Lipinski definition) is 0. The smallest absolute Gasteiger partial charge is 0.00529 e. The number of rotatable bonds is 8. The van der Waals surface area contributed by atoms with Gasteiger partial charge in [0, 0.05) is 7.83 Å². The standard InChI is InChI=1S/C9H26Si3/c1-2-3-4-5-6-7-8-9-12(10)11/h12H,2-9H2,1,10-11H3. The van der Waals surface area contributed by atoms with Gasteiger partial charge in [-0.25, -0.2) is 0 Å². The number of unbranched alkanes of at least 4 members (excludes halogenated alkanes) is 6. The molecule has 0 rings (SSSR count). The Bertz CT molecular complexity index is 83.8. The van der Waals surface area contributed by atoms with Crippen molar-refractivity contribution in [2.75, 3.05) is 0 Å². The Morgan fingerprint density at radius 3 is 1.83 bits per heavy atom. The van der Waals surface area contributed by atoms with Crippen LogP contribution in [0.5, 0.6) is 0 Å². The molecule has 0 N–H and O–H groups in total. The Kier molecular flexibility index (Phi) is 10.3. The molecule has 0 aromatic heterocycles. The van der Waals surface area contributed by atoms with E-state index in [1.54, 1.807) is 32.0 Å². The minimum atomic E-state index is 0.0424. The molecule has 12 heavy (non-hydrogen) atoms. The van der Waals surface area contributed by atoms with Gasteiger partial charge >= 0.3 is 0 Å². The Morgan fingerprint density at radius 2 is 1.33 bits per heavy atom. The third-order valence-electron chi connectivity index (χ3n) is 2.39. The molecule has 0 aliphatic heterocycles. The van der Waals surface area contributed by atoms with Crippen LogP contribution in [0.25, 0.3) is 0 Å². The normalized spacial score (nSPS) is 13.8. The van der Waals surface area contributed by atoms with Gasteiger partial charge in [-0.3, -0.25) is 0 Å². The van der Waals surface area contributed by atoms with Gasteiger partial charge in [-0.05, 0) is 19.5 Å². The first-order chi connectivity index (χ1) is 5.77. The minimum absolute atomic E-state index is 0.0424. The van der Waals surface area contributed by atoms with Gasteiger partial charge in [-0.15, -0.1) is 0 Å². The van der Waals surface area contributed by atoms with E-state index < -0.39 is 0 Å². The maximum Gasteiger partial charge on any atom is 0.00529 e. The van der Waals surface area contributed by atoms with Crippen LogP contribution in [0.4, 0.5) is 0 Å². The van der Waals surface area contributed by atoms with Crippen molar-refractivity contribution in [2.45, 2.75) is 57.9 Å². The summed E-state index contributed by atoms with van der Waals surface area (Å²) >= 11 is 0. The Balaban J connectivity index is 2.82. The summed E-state index contributed by atoms with van der Waals surface area (Å²) in [5.41, 5.74) is 0. The second kappa shape index (κ2) is 9.74. The van der Waals surface area contributed by atoms with Crippen molar-refractivity contribution in [2.24, 2.45) is 0 Å². The molecule has 0 aliphatic rings. The number of hydrogen-bond acceptors (Lipinski definition) is 0. The van der Waals surface area contributed by atoms with Gasteiger partial charge in [0.2, 0.25) is 0 Å². The zero-order valence-corrected chi connectivity index (χ0v) is 14.4. The largest absolute Gasteiger partial charge is 0.0654 e. The van der Waals surface area contributed by atoms with E-state index in [9.17, 15) is 0 Å². The highest BCUT2D eigenvalue weighted by Crippen LogP contribution is 2.08. The molecule has 0 bridgehead atoms. The van der Waals surface area contributed by atoms with Crippen LogP contribution in [0.1, 0.15) is 51.9 Å². The monoisotopic (exact) mass is 218 g/mol. The molecule has 74 valence electrons. The van der Waals surface area contributed by atoms with E-state index in [0.29, 0.717) is 0 Å². The van der Waals surface area contributed by atoms with Crippen LogP contribution in [-0.2, 0) is 0 Å². The molecule has 0 atom stereocenters. The Hall–Kier alpha value is 0.651. The van der Waals surface area contributed by atoms with Crippen LogP contribution in [0.2, 0.25) is 6.04 Å². The van der Waals surface area contributed by atoms with Gasteiger partial charge in [0.15, 0.2) is 0 Å². The fraction of sp³-hybridized carbons (Fsp3) is 1.00. The van der Waals surface area contributed by atoms with Crippen LogP contribution in [-0.4, -0.2) is 27.4 Å². The molecule has 0 aliphatic carbocycles. The predicted octanol–water partition coefficient (Wildman–Crippen LogP) is 0.688. The molecule has 0 nitrogen and oxygen atoms in total. The van der Waals surface area contributed by atoms with E-state index in [1.165, 1.54) is 38.5 Å². The van der Waals surface area contributed by atoms with Crippen molar-refractivity contribution in [3.63, 3.8) is 0 Å². The second-order valence-corrected chi connectivity index (χ2v) is 26.4. The molecule has 0 heterocycles. The molecule has 0 aromatic carbocycles. The van der Waals surface area contributed by atoms with E-state index in [-0.39, 0.29) is 7.83 Å². The van der Waals surface area contributed by atoms with E-state index >= 15 is 0 Å². The highest BCUT2D eigenvalue weighted by molar-refractivity contribution is 7.29. The lowest BCUT2D eigenvalue weighted by Crippen LogP contribution is -2.11. The summed E-state index contributed by atoms with van der Waals surface area (Å²) in [6.07, 6.45) is 10.5. The van der Waals surface area contributed by atoms with Gasteiger partial charge in [0.25, 0.3) is 0 Å². The van der Waals surface area contributed by atoms with Crippen LogP contribution >= 0.6 is 0 Å². The molecule has 0 fully saturated rings. The summed E-state index contributed by atoms with van der Waals surface area (Å²) in [5.74, 6) is 0. The zero-order valence-electron chi connectivity index (χ0n) is 9.23. The third kappa shape index (κ3) is 10.7. The summed E-state index contributed by atoms with van der Waals surface area (Å²) in [7, 11) is 3.22. The quantitative estimate of drug-likeness (QED) is 0.415. The van der Waals surface area contributed by atoms with Gasteiger partial charge in [-0.2, -0.15) is 0 Å². The average molecular weight is 219 g/mol. The molecule has 0 spiro atoms. The van der Waals surface area contributed by atoms with Crippen LogP contribution in [0, 0.1) is 0 Å². The molecule has 3 heteroatoms. The molecule has 0 unspecified atom stereocenters. The van der Waals surface area contributed by atoms with Crippen LogP contribution in [0.3, 0.4) is 0 Å². The van der Waals surface area contributed by atoms with Crippen molar-refractivity contribution in [1.82, 2.24) is 0 Å². The molecule has 0 aromatic rings. The van der Waals surface area contributed by atoms with Crippen molar-refractivity contribution in [3.05, 3.63) is 0 Å². The van der Waals surface area contributed by atoms with E-state index in [0.717, 1.165) is 0 Å². The minimum Gasteiger partial charge on any atom is -0.0654 e. The average Bonchev–Trinajstić information content (AvgIpc) is 2.02. The Morgan fingerprint density at radius 1 is 0.833 bits per heavy atom. The van der Waals surface area contributed by atoms with E-state index in [4.69, 9.17) is 0 Å². The first-order valence-electron chi connectivity index (χ1n) is 5.77. The fourth-order valence-electron chi connectivity index (χ4n) is 1.51. The van der Waals surface area contributed by atoms with Gasteiger partial charge < -0.3 is 0 Å². The van der Waals surface area contributed by atoms with Crippen LogP contribution in [0.15, 0.2) is 0 Å². The third-order valence-corrected chi connectivity index (χ3v) is 7.41. The molecular formula is C9H26Si3. The molecule has 0 saturated carbocycles. The van der Waals surface area contributed by atoms with Crippen LogP contribution < -0.4 is 0 Å². The van der Waals surface area contributed by atoms with Crippen molar-refractivity contribution in [1.29, 1.82) is 0 Å². The molecular weight excluding hydrogens is 192 g/mol. The van der Waals surface area contributed by atoms with Crippen molar-refractivity contribution >= 4 is 27.4 Å². The van der Waals surface area contributed by atoms with Crippen molar-refractivity contribution < 1.29 is 0 Å². The predicted molar refractivity (Wildman–Crippen MR) is 69.8 cm³/mol. The van der Waals surface area contributed by atoms with Crippen molar-refractivity contribution in [3.8, 4) is 0 Å². The maximum absolute atomic E-state index is 2.29. The highest BCUT2D eigenvalue weighted by Gasteiger charge is 1.95. The summed E-state index contributed by atoms with van der Waals surface area (Å²) in [5, 5.41) is 0. The SMILES string of the molecule is CCCCCCCCC[SiH]([SiH3])[SiH3]. The first kappa shape index (κ1) is 12.7. The van der Waals surface area contributed by atoms with Gasteiger partial charge in [-0.1, -0.05) is 57.9 Å². The summed E-state index contributed by atoms with van der Waals surface area (Å²) in [4.78, 5) is 0.